The standard InChI is InChI=1S/C26H22N2O5S/c1-3-10-32-19-6-4-5-16(14-19)22-21(24(30)25(31)28(22)26-27-9-11-34-26)23(29)17-7-8-20-18(13-17)12-15(2)33-20/h3-9,11,13-15,22,29H,1,10,12H2,2H3/b23-21+/t15-,22+/m0/s1. The molecular formula is C26H22N2O5S. The number of carbonyl (C=O) groups is 2. The Bertz CT molecular complexity index is 1310. The highest BCUT2D eigenvalue weighted by Crippen LogP contribution is 2.44. The topological polar surface area (TPSA) is 89.0 Å². The van der Waals surface area contributed by atoms with Gasteiger partial charge in [0.1, 0.15) is 30.0 Å². The van der Waals surface area contributed by atoms with Gasteiger partial charge in [0, 0.05) is 23.6 Å². The maximum atomic E-state index is 13.3. The van der Waals surface area contributed by atoms with E-state index in [-0.39, 0.29) is 17.4 Å². The van der Waals surface area contributed by atoms with E-state index in [0.717, 1.165) is 11.3 Å². The molecule has 0 unspecified atom stereocenters. The molecule has 5 rings (SSSR count). The minimum Gasteiger partial charge on any atom is -0.507 e. The van der Waals surface area contributed by atoms with Gasteiger partial charge in [-0.05, 0) is 48.4 Å². The lowest BCUT2D eigenvalue weighted by Crippen LogP contribution is -2.29. The minimum absolute atomic E-state index is 0.00739. The van der Waals surface area contributed by atoms with E-state index in [0.29, 0.717) is 35.0 Å². The van der Waals surface area contributed by atoms with Crippen LogP contribution in [0.1, 0.15) is 29.7 Å². The second kappa shape index (κ2) is 8.79. The Balaban J connectivity index is 1.66. The number of aromatic nitrogens is 1. The van der Waals surface area contributed by atoms with Crippen LogP contribution in [0.3, 0.4) is 0 Å². The summed E-state index contributed by atoms with van der Waals surface area (Å²) in [5.41, 5.74) is 2.03. The van der Waals surface area contributed by atoms with Crippen LogP contribution in [0.15, 0.2) is 72.3 Å². The highest BCUT2D eigenvalue weighted by molar-refractivity contribution is 7.14. The maximum Gasteiger partial charge on any atom is 0.301 e. The Hall–Kier alpha value is -3.91. The second-order valence-electron chi connectivity index (χ2n) is 8.11. The molecule has 1 aromatic heterocycles. The van der Waals surface area contributed by atoms with Crippen molar-refractivity contribution in [2.45, 2.75) is 25.5 Å². The van der Waals surface area contributed by atoms with E-state index >= 15 is 0 Å². The predicted octanol–water partition coefficient (Wildman–Crippen LogP) is 4.66. The van der Waals surface area contributed by atoms with Gasteiger partial charge in [-0.3, -0.25) is 14.5 Å². The highest BCUT2D eigenvalue weighted by atomic mass is 32.1. The van der Waals surface area contributed by atoms with Gasteiger partial charge in [0.25, 0.3) is 5.78 Å². The van der Waals surface area contributed by atoms with Gasteiger partial charge in [0.2, 0.25) is 0 Å². The van der Waals surface area contributed by atoms with Crippen LogP contribution in [0.4, 0.5) is 5.13 Å². The summed E-state index contributed by atoms with van der Waals surface area (Å²) in [4.78, 5) is 32.0. The first-order chi connectivity index (χ1) is 16.5. The lowest BCUT2D eigenvalue weighted by Gasteiger charge is -2.23. The number of hydrogen-bond donors (Lipinski definition) is 1. The number of thiazole rings is 1. The van der Waals surface area contributed by atoms with Crippen molar-refractivity contribution in [2.24, 2.45) is 0 Å². The van der Waals surface area contributed by atoms with Gasteiger partial charge in [-0.15, -0.1) is 11.3 Å². The van der Waals surface area contributed by atoms with Crippen molar-refractivity contribution in [3.05, 3.63) is 89.0 Å². The van der Waals surface area contributed by atoms with Crippen molar-refractivity contribution >= 4 is 33.9 Å². The summed E-state index contributed by atoms with van der Waals surface area (Å²) in [6, 6.07) is 11.5. The van der Waals surface area contributed by atoms with Crippen molar-refractivity contribution < 1.29 is 24.2 Å². The summed E-state index contributed by atoms with van der Waals surface area (Å²) in [6.07, 6.45) is 3.95. The molecular weight excluding hydrogens is 452 g/mol. The number of fused-ring (bicyclic) bond motifs is 1. The molecule has 0 radical (unpaired) electrons. The first-order valence-electron chi connectivity index (χ1n) is 10.8. The van der Waals surface area contributed by atoms with E-state index in [1.807, 2.05) is 13.0 Å². The Kier molecular flexibility index (Phi) is 5.67. The summed E-state index contributed by atoms with van der Waals surface area (Å²) in [7, 11) is 0. The normalized spacial score (nSPS) is 20.8. The van der Waals surface area contributed by atoms with Crippen LogP contribution in [0.5, 0.6) is 11.5 Å². The quantitative estimate of drug-likeness (QED) is 0.242. The molecule has 0 bridgehead atoms. The number of nitrogens with zero attached hydrogens (tertiary/aromatic N) is 2. The molecule has 0 saturated carbocycles. The molecule has 34 heavy (non-hydrogen) atoms. The van der Waals surface area contributed by atoms with E-state index in [9.17, 15) is 14.7 Å². The van der Waals surface area contributed by atoms with Crippen LogP contribution < -0.4 is 14.4 Å². The van der Waals surface area contributed by atoms with E-state index in [2.05, 4.69) is 11.6 Å². The van der Waals surface area contributed by atoms with E-state index in [1.165, 1.54) is 16.2 Å². The van der Waals surface area contributed by atoms with Crippen LogP contribution in [0.2, 0.25) is 0 Å². The Labute approximate surface area is 200 Å². The average molecular weight is 475 g/mol. The average Bonchev–Trinajstić information content (AvgIpc) is 3.55. The number of hydrogen-bond acceptors (Lipinski definition) is 7. The minimum atomic E-state index is -0.859. The molecule has 2 aliphatic heterocycles. The van der Waals surface area contributed by atoms with Crippen LogP contribution >= 0.6 is 11.3 Å². The zero-order chi connectivity index (χ0) is 23.8. The van der Waals surface area contributed by atoms with Crippen LogP contribution in [0, 0.1) is 0 Å². The molecule has 2 aliphatic rings. The smallest absolute Gasteiger partial charge is 0.301 e. The van der Waals surface area contributed by atoms with Gasteiger partial charge < -0.3 is 14.6 Å². The summed E-state index contributed by atoms with van der Waals surface area (Å²) < 4.78 is 11.4. The molecule has 8 heteroatoms. The molecule has 2 atom stereocenters. The number of ketones is 1. The lowest BCUT2D eigenvalue weighted by atomic mass is 9.94. The largest absolute Gasteiger partial charge is 0.507 e. The zero-order valence-corrected chi connectivity index (χ0v) is 19.2. The maximum absolute atomic E-state index is 13.3. The molecule has 3 heterocycles. The predicted molar refractivity (Wildman–Crippen MR) is 129 cm³/mol. The fourth-order valence-corrected chi connectivity index (χ4v) is 5.00. The van der Waals surface area contributed by atoms with Gasteiger partial charge in [-0.2, -0.15) is 0 Å². The first kappa shape index (κ1) is 21.9. The number of amides is 1. The molecule has 3 aromatic rings. The van der Waals surface area contributed by atoms with Crippen LogP contribution in [-0.2, 0) is 16.0 Å². The van der Waals surface area contributed by atoms with Crippen molar-refractivity contribution in [3.63, 3.8) is 0 Å². The fourth-order valence-electron chi connectivity index (χ4n) is 4.33. The SMILES string of the molecule is C=CCOc1cccc([C@@H]2/C(=C(\O)c3ccc4c(c3)C[C@H](C)O4)C(=O)C(=O)N2c2nccs2)c1. The molecule has 7 nitrogen and oxygen atoms in total. The van der Waals surface area contributed by atoms with Crippen molar-refractivity contribution in [2.75, 3.05) is 11.5 Å². The number of ether oxygens (including phenoxy) is 2. The number of rotatable bonds is 6. The molecule has 2 aromatic carbocycles. The number of aliphatic hydroxyl groups is 1. The molecule has 1 amide bonds. The van der Waals surface area contributed by atoms with Gasteiger partial charge in [0.05, 0.1) is 11.6 Å². The Morgan fingerprint density at radius 3 is 2.94 bits per heavy atom. The summed E-state index contributed by atoms with van der Waals surface area (Å²) in [5, 5.41) is 13.4. The van der Waals surface area contributed by atoms with E-state index < -0.39 is 17.7 Å². The number of anilines is 1. The molecule has 1 saturated heterocycles. The number of benzene rings is 2. The van der Waals surface area contributed by atoms with Crippen molar-refractivity contribution in [3.8, 4) is 11.5 Å². The van der Waals surface area contributed by atoms with Crippen molar-refractivity contribution in [1.82, 2.24) is 4.98 Å². The third-order valence-corrected chi connectivity index (χ3v) is 6.55. The Morgan fingerprint density at radius 1 is 1.32 bits per heavy atom. The number of aliphatic hydroxyl groups excluding tert-OH is 1. The number of Topliss-reactive ketones (excluding diaryl/α,β-unsaturated/α-hetero) is 1. The Morgan fingerprint density at radius 2 is 2.18 bits per heavy atom. The van der Waals surface area contributed by atoms with Gasteiger partial charge in [-0.25, -0.2) is 4.98 Å². The van der Waals surface area contributed by atoms with Crippen molar-refractivity contribution in [1.29, 1.82) is 0 Å². The fraction of sp³-hybridized carbons (Fsp3) is 0.192. The highest BCUT2D eigenvalue weighted by Gasteiger charge is 2.48. The molecule has 1 N–H and O–H groups in total. The van der Waals surface area contributed by atoms with Gasteiger partial charge >= 0.3 is 5.91 Å². The lowest BCUT2D eigenvalue weighted by molar-refractivity contribution is -0.132. The second-order valence-corrected chi connectivity index (χ2v) is 8.98. The summed E-state index contributed by atoms with van der Waals surface area (Å²) in [6.45, 7) is 5.94. The van der Waals surface area contributed by atoms with Crippen LogP contribution in [0.25, 0.3) is 5.76 Å². The number of carbonyl (C=O) groups excluding carboxylic acids is 2. The molecule has 1 fully saturated rings. The van der Waals surface area contributed by atoms with E-state index in [1.54, 1.807) is 54.1 Å². The van der Waals surface area contributed by atoms with Crippen LogP contribution in [-0.4, -0.2) is 34.5 Å². The van der Waals surface area contributed by atoms with Gasteiger partial charge in [-0.1, -0.05) is 24.8 Å². The zero-order valence-electron chi connectivity index (χ0n) is 18.4. The monoisotopic (exact) mass is 474 g/mol. The summed E-state index contributed by atoms with van der Waals surface area (Å²) >= 11 is 1.25. The molecule has 172 valence electrons. The summed E-state index contributed by atoms with van der Waals surface area (Å²) in [5.74, 6) is -0.416. The molecule has 0 aliphatic carbocycles. The van der Waals surface area contributed by atoms with Gasteiger partial charge in [0.15, 0.2) is 5.13 Å². The first-order valence-corrected chi connectivity index (χ1v) is 11.7. The molecule has 0 spiro atoms. The van der Waals surface area contributed by atoms with E-state index in [4.69, 9.17) is 9.47 Å². The third kappa shape index (κ3) is 3.76. The third-order valence-electron chi connectivity index (χ3n) is 5.78.